The van der Waals surface area contributed by atoms with Crippen molar-refractivity contribution in [1.29, 1.82) is 0 Å². The molecule has 1 heterocycles. The predicted octanol–water partition coefficient (Wildman–Crippen LogP) is 3.37. The number of ether oxygens (including phenoxy) is 1. The number of halogens is 1. The summed E-state index contributed by atoms with van der Waals surface area (Å²) in [5.41, 5.74) is 2.04. The molecular formula is C17H14BrNO3. The van der Waals surface area contributed by atoms with Crippen LogP contribution >= 0.6 is 15.9 Å². The number of hydrogen-bond donors (Lipinski definition) is 0. The molecule has 2 aromatic carbocycles. The van der Waals surface area contributed by atoms with Gasteiger partial charge in [0.25, 0.3) is 11.7 Å². The molecule has 1 amide bonds. The van der Waals surface area contributed by atoms with E-state index in [0.717, 1.165) is 15.8 Å². The van der Waals surface area contributed by atoms with Crippen LogP contribution in [0.5, 0.6) is 5.75 Å². The molecule has 112 valence electrons. The molecule has 0 aliphatic carbocycles. The third kappa shape index (κ3) is 2.64. The molecule has 0 fully saturated rings. The molecule has 1 aliphatic heterocycles. The van der Waals surface area contributed by atoms with Crippen molar-refractivity contribution >= 4 is 33.3 Å². The number of para-hydroxylation sites is 1. The van der Waals surface area contributed by atoms with Gasteiger partial charge in [-0.3, -0.25) is 9.59 Å². The Morgan fingerprint density at radius 3 is 2.59 bits per heavy atom. The summed E-state index contributed by atoms with van der Waals surface area (Å²) in [4.78, 5) is 25.8. The molecule has 0 bridgehead atoms. The van der Waals surface area contributed by atoms with Gasteiger partial charge in [-0.2, -0.15) is 0 Å². The van der Waals surface area contributed by atoms with Crippen molar-refractivity contribution < 1.29 is 14.3 Å². The Balaban J connectivity index is 1.78. The smallest absolute Gasteiger partial charge is 0.299 e. The summed E-state index contributed by atoms with van der Waals surface area (Å²) in [5.74, 6) is -0.208. The van der Waals surface area contributed by atoms with Crippen LogP contribution in [0.25, 0.3) is 0 Å². The maximum absolute atomic E-state index is 12.2. The van der Waals surface area contributed by atoms with Gasteiger partial charge in [0.15, 0.2) is 0 Å². The number of fused-ring (bicyclic) bond motifs is 1. The second-order valence-electron chi connectivity index (χ2n) is 5.07. The molecule has 5 heteroatoms. The molecule has 0 spiro atoms. The highest BCUT2D eigenvalue weighted by Crippen LogP contribution is 2.34. The third-order valence-corrected chi connectivity index (χ3v) is 4.00. The highest BCUT2D eigenvalue weighted by atomic mass is 79.9. The molecule has 0 atom stereocenters. The number of benzene rings is 2. The van der Waals surface area contributed by atoms with Crippen LogP contribution in [0.2, 0.25) is 0 Å². The van der Waals surface area contributed by atoms with Crippen LogP contribution in [0.3, 0.4) is 0 Å². The number of nitrogens with zero attached hydrogens (tertiary/aromatic N) is 1. The topological polar surface area (TPSA) is 46.6 Å². The van der Waals surface area contributed by atoms with Gasteiger partial charge in [-0.05, 0) is 36.8 Å². The summed E-state index contributed by atoms with van der Waals surface area (Å²) in [6, 6.07) is 13.0. The van der Waals surface area contributed by atoms with Crippen LogP contribution in [0.15, 0.2) is 46.9 Å². The van der Waals surface area contributed by atoms with E-state index in [9.17, 15) is 9.59 Å². The van der Waals surface area contributed by atoms with Crippen molar-refractivity contribution in [2.45, 2.75) is 6.92 Å². The van der Waals surface area contributed by atoms with Crippen molar-refractivity contribution in [2.24, 2.45) is 0 Å². The summed E-state index contributed by atoms with van der Waals surface area (Å²) in [7, 11) is 0. The quantitative estimate of drug-likeness (QED) is 0.786. The molecule has 0 saturated carbocycles. The minimum absolute atomic E-state index is 0.331. The van der Waals surface area contributed by atoms with Crippen molar-refractivity contribution in [3.05, 3.63) is 58.1 Å². The number of rotatable bonds is 4. The Morgan fingerprint density at radius 1 is 1.14 bits per heavy atom. The van der Waals surface area contributed by atoms with Crippen molar-refractivity contribution in [2.75, 3.05) is 18.1 Å². The lowest BCUT2D eigenvalue weighted by Crippen LogP contribution is -2.33. The molecular weight excluding hydrogens is 346 g/mol. The lowest BCUT2D eigenvalue weighted by atomic mass is 10.1. The fraction of sp³-hybridized carbons (Fsp3) is 0.176. The predicted molar refractivity (Wildman–Crippen MR) is 87.5 cm³/mol. The molecule has 0 unspecified atom stereocenters. The third-order valence-electron chi connectivity index (χ3n) is 3.55. The van der Waals surface area contributed by atoms with Gasteiger partial charge < -0.3 is 9.64 Å². The number of amides is 1. The lowest BCUT2D eigenvalue weighted by Gasteiger charge is -2.18. The zero-order valence-corrected chi connectivity index (χ0v) is 13.6. The van der Waals surface area contributed by atoms with Crippen LogP contribution < -0.4 is 9.64 Å². The van der Waals surface area contributed by atoms with E-state index in [-0.39, 0.29) is 0 Å². The fourth-order valence-corrected chi connectivity index (χ4v) is 3.16. The first-order valence-corrected chi connectivity index (χ1v) is 7.71. The maximum atomic E-state index is 12.2. The molecule has 4 nitrogen and oxygen atoms in total. The second-order valence-corrected chi connectivity index (χ2v) is 5.98. The zero-order valence-electron chi connectivity index (χ0n) is 12.0. The average Bonchev–Trinajstić information content (AvgIpc) is 2.74. The highest BCUT2D eigenvalue weighted by Gasteiger charge is 2.37. The molecule has 3 rings (SSSR count). The van der Waals surface area contributed by atoms with Crippen LogP contribution in [0.4, 0.5) is 5.69 Å². The van der Waals surface area contributed by atoms with Crippen LogP contribution in [0, 0.1) is 6.92 Å². The molecule has 0 aromatic heterocycles. The number of Topliss-reactive ketones (excluding diaryl/α,β-unsaturated/α-hetero) is 1. The number of hydrogen-bond acceptors (Lipinski definition) is 3. The van der Waals surface area contributed by atoms with Gasteiger partial charge in [0.2, 0.25) is 0 Å². The van der Waals surface area contributed by atoms with E-state index in [1.165, 1.54) is 4.90 Å². The minimum Gasteiger partial charge on any atom is -0.492 e. The van der Waals surface area contributed by atoms with Crippen LogP contribution in [-0.4, -0.2) is 24.8 Å². The van der Waals surface area contributed by atoms with E-state index in [2.05, 4.69) is 15.9 Å². The largest absolute Gasteiger partial charge is 0.492 e. The minimum atomic E-state index is -0.493. The monoisotopic (exact) mass is 359 g/mol. The first-order valence-electron chi connectivity index (χ1n) is 6.92. The van der Waals surface area contributed by atoms with E-state index < -0.39 is 11.7 Å². The normalized spacial score (nSPS) is 13.5. The molecule has 0 radical (unpaired) electrons. The van der Waals surface area contributed by atoms with E-state index in [1.807, 2.05) is 43.3 Å². The SMILES string of the molecule is Cc1cc(Br)cc2c1N(CCOc1ccccc1)C(=O)C2=O. The number of carbonyl (C=O) groups excluding carboxylic acids is 2. The summed E-state index contributed by atoms with van der Waals surface area (Å²) in [6.45, 7) is 2.56. The Kier molecular flexibility index (Phi) is 3.98. The number of anilines is 1. The van der Waals surface area contributed by atoms with Gasteiger partial charge in [0.1, 0.15) is 12.4 Å². The molecule has 0 saturated heterocycles. The molecule has 2 aromatic rings. The van der Waals surface area contributed by atoms with Gasteiger partial charge in [0.05, 0.1) is 17.8 Å². The Morgan fingerprint density at radius 2 is 1.86 bits per heavy atom. The van der Waals surface area contributed by atoms with Crippen molar-refractivity contribution in [1.82, 2.24) is 0 Å². The van der Waals surface area contributed by atoms with Gasteiger partial charge in [-0.25, -0.2) is 0 Å². The average molecular weight is 360 g/mol. The Hall–Kier alpha value is -2.14. The van der Waals surface area contributed by atoms with Gasteiger partial charge in [-0.15, -0.1) is 0 Å². The van der Waals surface area contributed by atoms with Crippen molar-refractivity contribution in [3.63, 3.8) is 0 Å². The van der Waals surface area contributed by atoms with Gasteiger partial charge >= 0.3 is 0 Å². The summed E-state index contributed by atoms with van der Waals surface area (Å²) in [6.07, 6.45) is 0. The van der Waals surface area contributed by atoms with Crippen LogP contribution in [-0.2, 0) is 4.79 Å². The molecule has 0 N–H and O–H groups in total. The van der Waals surface area contributed by atoms with Crippen LogP contribution in [0.1, 0.15) is 15.9 Å². The first-order chi connectivity index (χ1) is 10.6. The summed E-state index contributed by atoms with van der Waals surface area (Å²) >= 11 is 3.36. The number of carbonyl (C=O) groups is 2. The second kappa shape index (κ2) is 5.93. The highest BCUT2D eigenvalue weighted by molar-refractivity contribution is 9.10. The maximum Gasteiger partial charge on any atom is 0.299 e. The zero-order chi connectivity index (χ0) is 15.7. The molecule has 1 aliphatic rings. The number of ketones is 1. The Bertz CT molecular complexity index is 743. The fourth-order valence-electron chi connectivity index (χ4n) is 2.59. The van der Waals surface area contributed by atoms with E-state index in [0.29, 0.717) is 24.4 Å². The van der Waals surface area contributed by atoms with Gasteiger partial charge in [-0.1, -0.05) is 34.1 Å². The van der Waals surface area contributed by atoms with Crippen molar-refractivity contribution in [3.8, 4) is 5.75 Å². The lowest BCUT2D eigenvalue weighted by molar-refractivity contribution is -0.114. The first kappa shape index (κ1) is 14.8. The van der Waals surface area contributed by atoms with E-state index in [4.69, 9.17) is 4.74 Å². The van der Waals surface area contributed by atoms with E-state index in [1.54, 1.807) is 6.07 Å². The molecule has 22 heavy (non-hydrogen) atoms. The number of aryl methyl sites for hydroxylation is 1. The standard InChI is InChI=1S/C17H14BrNO3/c1-11-9-12(18)10-14-15(11)19(17(21)16(14)20)7-8-22-13-5-3-2-4-6-13/h2-6,9-10H,7-8H2,1H3. The Labute approximate surface area is 136 Å². The summed E-state index contributed by atoms with van der Waals surface area (Å²) < 4.78 is 6.41. The summed E-state index contributed by atoms with van der Waals surface area (Å²) in [5, 5.41) is 0. The van der Waals surface area contributed by atoms with E-state index >= 15 is 0 Å². The van der Waals surface area contributed by atoms with Gasteiger partial charge in [0, 0.05) is 4.47 Å².